The Bertz CT molecular complexity index is 693. The number of nitrogens with zero attached hydrogens (tertiary/aromatic N) is 5. The van der Waals surface area contributed by atoms with Crippen LogP contribution in [0.3, 0.4) is 0 Å². The lowest BCUT2D eigenvalue weighted by atomic mass is 10.2. The third kappa shape index (κ3) is 4.43. The molecule has 3 rings (SSSR count). The molecule has 0 atom stereocenters. The van der Waals surface area contributed by atoms with Gasteiger partial charge in [0, 0.05) is 38.8 Å². The fourth-order valence-electron chi connectivity index (χ4n) is 2.79. The minimum atomic E-state index is 0.248. The molecule has 0 unspecified atom stereocenters. The molecular weight excluding hydrogens is 316 g/mol. The Kier molecular flexibility index (Phi) is 5.42. The summed E-state index contributed by atoms with van der Waals surface area (Å²) in [7, 11) is 0. The summed E-state index contributed by atoms with van der Waals surface area (Å²) in [4.78, 5) is 20.3. The predicted octanol–water partition coefficient (Wildman–Crippen LogP) is 2.37. The Morgan fingerprint density at radius 1 is 1.08 bits per heavy atom. The molecule has 0 aromatic carbocycles. The van der Waals surface area contributed by atoms with E-state index in [2.05, 4.69) is 25.4 Å². The minimum absolute atomic E-state index is 0.248. The smallest absolute Gasteiger partial charge is 0.222 e. The van der Waals surface area contributed by atoms with Gasteiger partial charge in [0.2, 0.25) is 5.91 Å². The summed E-state index contributed by atoms with van der Waals surface area (Å²) in [6.45, 7) is 7.10. The summed E-state index contributed by atoms with van der Waals surface area (Å²) < 4.78 is 0. The van der Waals surface area contributed by atoms with Gasteiger partial charge in [-0.15, -0.1) is 10.2 Å². The van der Waals surface area contributed by atoms with Gasteiger partial charge in [0.1, 0.15) is 5.82 Å². The number of carbonyl (C=O) groups excluding carboxylic acids is 1. The van der Waals surface area contributed by atoms with Gasteiger partial charge in [-0.3, -0.25) is 4.79 Å². The molecule has 0 aliphatic carbocycles. The number of hydrogen-bond acceptors (Lipinski definition) is 6. The highest BCUT2D eigenvalue weighted by Gasteiger charge is 2.21. The SMILES string of the molecule is CCCC(=O)N1CCN(c2ccc(Nc3ccc(C)cn3)nn2)CC1. The fourth-order valence-corrected chi connectivity index (χ4v) is 2.79. The first kappa shape index (κ1) is 17.1. The van der Waals surface area contributed by atoms with Crippen molar-refractivity contribution in [2.24, 2.45) is 0 Å². The van der Waals surface area contributed by atoms with Gasteiger partial charge in [0.05, 0.1) is 0 Å². The molecule has 7 heteroatoms. The quantitative estimate of drug-likeness (QED) is 0.901. The number of amides is 1. The number of aromatic nitrogens is 3. The van der Waals surface area contributed by atoms with Crippen molar-refractivity contribution in [1.82, 2.24) is 20.1 Å². The first-order chi connectivity index (χ1) is 12.2. The largest absolute Gasteiger partial charge is 0.352 e. The van der Waals surface area contributed by atoms with Crippen LogP contribution in [0.25, 0.3) is 0 Å². The molecule has 1 saturated heterocycles. The average molecular weight is 340 g/mol. The van der Waals surface area contributed by atoms with Crippen LogP contribution in [-0.2, 0) is 4.79 Å². The number of carbonyl (C=O) groups is 1. The Labute approximate surface area is 148 Å². The van der Waals surface area contributed by atoms with Gasteiger partial charge in [0.15, 0.2) is 11.6 Å². The highest BCUT2D eigenvalue weighted by atomic mass is 16.2. The number of anilines is 3. The van der Waals surface area contributed by atoms with E-state index in [-0.39, 0.29) is 5.91 Å². The van der Waals surface area contributed by atoms with E-state index >= 15 is 0 Å². The van der Waals surface area contributed by atoms with Crippen LogP contribution in [0, 0.1) is 6.92 Å². The van der Waals surface area contributed by atoms with Crippen LogP contribution in [0.2, 0.25) is 0 Å². The van der Waals surface area contributed by atoms with Gasteiger partial charge in [-0.1, -0.05) is 13.0 Å². The third-order valence-electron chi connectivity index (χ3n) is 4.24. The highest BCUT2D eigenvalue weighted by Crippen LogP contribution is 2.17. The van der Waals surface area contributed by atoms with Gasteiger partial charge in [0.25, 0.3) is 0 Å². The zero-order valence-corrected chi connectivity index (χ0v) is 14.8. The Hall–Kier alpha value is -2.70. The molecule has 1 fully saturated rings. The van der Waals surface area contributed by atoms with Crippen molar-refractivity contribution in [1.29, 1.82) is 0 Å². The third-order valence-corrected chi connectivity index (χ3v) is 4.24. The predicted molar refractivity (Wildman–Crippen MR) is 98.0 cm³/mol. The van der Waals surface area contributed by atoms with Gasteiger partial charge < -0.3 is 15.1 Å². The molecule has 1 aliphatic rings. The molecule has 0 saturated carbocycles. The van der Waals surface area contributed by atoms with Crippen molar-refractivity contribution >= 4 is 23.4 Å². The molecule has 2 aromatic rings. The summed E-state index contributed by atoms with van der Waals surface area (Å²) in [5.41, 5.74) is 1.11. The fraction of sp³-hybridized carbons (Fsp3) is 0.444. The molecule has 3 heterocycles. The molecule has 0 spiro atoms. The number of pyridine rings is 1. The molecule has 7 nitrogen and oxygen atoms in total. The van der Waals surface area contributed by atoms with Crippen LogP contribution in [0.1, 0.15) is 25.3 Å². The zero-order chi connectivity index (χ0) is 17.6. The summed E-state index contributed by atoms with van der Waals surface area (Å²) in [6, 6.07) is 7.76. The summed E-state index contributed by atoms with van der Waals surface area (Å²) >= 11 is 0. The van der Waals surface area contributed by atoms with E-state index in [1.165, 1.54) is 0 Å². The van der Waals surface area contributed by atoms with E-state index in [1.807, 2.05) is 49.2 Å². The minimum Gasteiger partial charge on any atom is -0.352 e. The van der Waals surface area contributed by atoms with Gasteiger partial charge in [-0.2, -0.15) is 0 Å². The van der Waals surface area contributed by atoms with Gasteiger partial charge >= 0.3 is 0 Å². The van der Waals surface area contributed by atoms with Crippen LogP contribution in [0.4, 0.5) is 17.5 Å². The molecule has 1 N–H and O–H groups in total. The van der Waals surface area contributed by atoms with Crippen LogP contribution in [0.15, 0.2) is 30.5 Å². The molecular formula is C18H24N6O. The maximum Gasteiger partial charge on any atom is 0.222 e. The monoisotopic (exact) mass is 340 g/mol. The number of aryl methyl sites for hydroxylation is 1. The molecule has 0 radical (unpaired) electrons. The zero-order valence-electron chi connectivity index (χ0n) is 14.8. The number of piperazine rings is 1. The molecule has 132 valence electrons. The topological polar surface area (TPSA) is 74.2 Å². The first-order valence-corrected chi connectivity index (χ1v) is 8.72. The van der Waals surface area contributed by atoms with Crippen molar-refractivity contribution < 1.29 is 4.79 Å². The second-order valence-electron chi connectivity index (χ2n) is 6.24. The lowest BCUT2D eigenvalue weighted by Crippen LogP contribution is -2.49. The number of hydrogen-bond donors (Lipinski definition) is 1. The second kappa shape index (κ2) is 7.92. The molecule has 0 bridgehead atoms. The van der Waals surface area contributed by atoms with Crippen molar-refractivity contribution in [3.63, 3.8) is 0 Å². The van der Waals surface area contributed by atoms with Crippen LogP contribution < -0.4 is 10.2 Å². The van der Waals surface area contributed by atoms with E-state index in [1.54, 1.807) is 0 Å². The maximum absolute atomic E-state index is 11.9. The van der Waals surface area contributed by atoms with Crippen molar-refractivity contribution in [2.75, 3.05) is 36.4 Å². The van der Waals surface area contributed by atoms with E-state index < -0.39 is 0 Å². The van der Waals surface area contributed by atoms with E-state index in [0.29, 0.717) is 12.2 Å². The molecule has 2 aromatic heterocycles. The van der Waals surface area contributed by atoms with Crippen LogP contribution >= 0.6 is 0 Å². The van der Waals surface area contributed by atoms with E-state index in [0.717, 1.165) is 49.8 Å². The Morgan fingerprint density at radius 3 is 2.44 bits per heavy atom. The standard InChI is InChI=1S/C18H24N6O/c1-3-4-18(25)24-11-9-23(10-12-24)17-8-7-16(21-22-17)20-15-6-5-14(2)13-19-15/h5-8,13H,3-4,9-12H2,1-2H3,(H,19,20,21). The highest BCUT2D eigenvalue weighted by molar-refractivity contribution is 5.76. The van der Waals surface area contributed by atoms with E-state index in [9.17, 15) is 4.79 Å². The van der Waals surface area contributed by atoms with E-state index in [4.69, 9.17) is 0 Å². The van der Waals surface area contributed by atoms with Gasteiger partial charge in [-0.05, 0) is 37.1 Å². The van der Waals surface area contributed by atoms with Gasteiger partial charge in [-0.25, -0.2) is 4.98 Å². The van der Waals surface area contributed by atoms with Crippen LogP contribution in [-0.4, -0.2) is 52.2 Å². The van der Waals surface area contributed by atoms with Crippen molar-refractivity contribution in [3.05, 3.63) is 36.0 Å². The summed E-state index contributed by atoms with van der Waals surface area (Å²) in [5, 5.41) is 11.7. The van der Waals surface area contributed by atoms with Crippen LogP contribution in [0.5, 0.6) is 0 Å². The summed E-state index contributed by atoms with van der Waals surface area (Å²) in [6.07, 6.45) is 3.34. The normalized spacial score (nSPS) is 14.5. The maximum atomic E-state index is 11.9. The van der Waals surface area contributed by atoms with Crippen molar-refractivity contribution in [2.45, 2.75) is 26.7 Å². The first-order valence-electron chi connectivity index (χ1n) is 8.72. The van der Waals surface area contributed by atoms with Crippen molar-refractivity contribution in [3.8, 4) is 0 Å². The lowest BCUT2D eigenvalue weighted by molar-refractivity contribution is -0.131. The average Bonchev–Trinajstić information content (AvgIpc) is 2.65. The lowest BCUT2D eigenvalue weighted by Gasteiger charge is -2.35. The molecule has 1 aliphatic heterocycles. The molecule has 25 heavy (non-hydrogen) atoms. The Balaban J connectivity index is 1.56. The summed E-state index contributed by atoms with van der Waals surface area (Å²) in [5.74, 6) is 2.50. The Morgan fingerprint density at radius 2 is 1.84 bits per heavy atom. The number of rotatable bonds is 5. The second-order valence-corrected chi connectivity index (χ2v) is 6.24. The molecule has 1 amide bonds. The number of nitrogens with one attached hydrogen (secondary N) is 1.